The van der Waals surface area contributed by atoms with Gasteiger partial charge in [0.1, 0.15) is 12.2 Å². The second-order valence-corrected chi connectivity index (χ2v) is 3.22. The maximum Gasteiger partial charge on any atom is 0.255 e. The fourth-order valence-corrected chi connectivity index (χ4v) is 1.25. The van der Waals surface area contributed by atoms with Gasteiger partial charge in [0.25, 0.3) is 5.89 Å². The van der Waals surface area contributed by atoms with E-state index in [9.17, 15) is 5.11 Å². The highest BCUT2D eigenvalue weighted by Gasteiger charge is 2.19. The summed E-state index contributed by atoms with van der Waals surface area (Å²) >= 11 is 0. The molecule has 0 spiro atoms. The largest absolute Gasteiger partial charge is 0.383 e. The van der Waals surface area contributed by atoms with Crippen LogP contribution in [-0.4, -0.2) is 28.9 Å². The summed E-state index contributed by atoms with van der Waals surface area (Å²) < 4.78 is 10.1. The van der Waals surface area contributed by atoms with Crippen molar-refractivity contribution >= 4 is 0 Å². The summed E-state index contributed by atoms with van der Waals surface area (Å²) in [5, 5.41) is 13.3. The zero-order valence-corrected chi connectivity index (χ0v) is 9.01. The number of rotatable bonds is 6. The standard InChI is InChI=1S/C9H17N3O3/c1-3-7(14-2)8-11-9(15-12-8)6(13)4-5-10/h6-7,13H,3-5,10H2,1-2H3/t6-,7?/m0/s1. The minimum atomic E-state index is -0.786. The number of nitrogens with two attached hydrogens (primary N) is 1. The van der Waals surface area contributed by atoms with Crippen molar-refractivity contribution in [2.24, 2.45) is 5.73 Å². The lowest BCUT2D eigenvalue weighted by Gasteiger charge is -2.06. The maximum atomic E-state index is 9.54. The van der Waals surface area contributed by atoms with E-state index in [1.165, 1.54) is 0 Å². The summed E-state index contributed by atoms with van der Waals surface area (Å²) in [6, 6.07) is 0. The molecule has 6 nitrogen and oxygen atoms in total. The number of hydrogen-bond donors (Lipinski definition) is 2. The molecule has 1 heterocycles. The molecule has 1 aromatic rings. The number of ether oxygens (including phenoxy) is 1. The van der Waals surface area contributed by atoms with Crippen LogP contribution in [0.25, 0.3) is 0 Å². The highest BCUT2D eigenvalue weighted by molar-refractivity contribution is 4.93. The summed E-state index contributed by atoms with van der Waals surface area (Å²) in [5.41, 5.74) is 5.31. The zero-order chi connectivity index (χ0) is 11.3. The Labute approximate surface area is 88.4 Å². The Kier molecular flexibility index (Phi) is 4.67. The molecule has 0 aliphatic carbocycles. The molecule has 0 bridgehead atoms. The van der Waals surface area contributed by atoms with Crippen LogP contribution in [0.2, 0.25) is 0 Å². The van der Waals surface area contributed by atoms with Gasteiger partial charge in [-0.1, -0.05) is 12.1 Å². The van der Waals surface area contributed by atoms with E-state index in [4.69, 9.17) is 15.0 Å². The first-order valence-corrected chi connectivity index (χ1v) is 4.97. The molecule has 6 heteroatoms. The molecular weight excluding hydrogens is 198 g/mol. The third-order valence-electron chi connectivity index (χ3n) is 2.13. The van der Waals surface area contributed by atoms with E-state index in [2.05, 4.69) is 10.1 Å². The third kappa shape index (κ3) is 2.98. The lowest BCUT2D eigenvalue weighted by atomic mass is 10.2. The monoisotopic (exact) mass is 215 g/mol. The number of aliphatic hydroxyl groups excluding tert-OH is 1. The van der Waals surface area contributed by atoms with Gasteiger partial charge in [-0.15, -0.1) is 0 Å². The summed E-state index contributed by atoms with van der Waals surface area (Å²) in [5.74, 6) is 0.664. The second kappa shape index (κ2) is 5.79. The van der Waals surface area contributed by atoms with Crippen molar-refractivity contribution in [3.05, 3.63) is 11.7 Å². The summed E-state index contributed by atoms with van der Waals surface area (Å²) in [7, 11) is 1.58. The van der Waals surface area contributed by atoms with Crippen LogP contribution >= 0.6 is 0 Å². The Hall–Kier alpha value is -0.980. The average molecular weight is 215 g/mol. The summed E-state index contributed by atoms with van der Waals surface area (Å²) in [6.45, 7) is 2.33. The van der Waals surface area contributed by atoms with Crippen LogP contribution in [0.15, 0.2) is 4.52 Å². The van der Waals surface area contributed by atoms with Gasteiger partial charge in [0.05, 0.1) is 0 Å². The normalized spacial score (nSPS) is 15.2. The molecule has 0 aromatic carbocycles. The minimum absolute atomic E-state index is 0.187. The van der Waals surface area contributed by atoms with Gasteiger partial charge in [-0.25, -0.2) is 0 Å². The average Bonchev–Trinajstić information content (AvgIpc) is 2.69. The van der Waals surface area contributed by atoms with Crippen LogP contribution < -0.4 is 5.73 Å². The quantitative estimate of drug-likeness (QED) is 0.719. The van der Waals surface area contributed by atoms with Crippen LogP contribution in [0, 0.1) is 0 Å². The van der Waals surface area contributed by atoms with Crippen LogP contribution in [0.3, 0.4) is 0 Å². The first-order valence-electron chi connectivity index (χ1n) is 4.97. The highest BCUT2D eigenvalue weighted by atomic mass is 16.5. The van der Waals surface area contributed by atoms with Crippen molar-refractivity contribution in [1.29, 1.82) is 0 Å². The molecule has 0 saturated heterocycles. The van der Waals surface area contributed by atoms with Gasteiger partial charge >= 0.3 is 0 Å². The van der Waals surface area contributed by atoms with Crippen molar-refractivity contribution < 1.29 is 14.4 Å². The van der Waals surface area contributed by atoms with E-state index in [1.54, 1.807) is 7.11 Å². The Balaban J connectivity index is 2.70. The van der Waals surface area contributed by atoms with Crippen molar-refractivity contribution in [2.45, 2.75) is 32.0 Å². The van der Waals surface area contributed by atoms with Crippen molar-refractivity contribution in [2.75, 3.05) is 13.7 Å². The van der Waals surface area contributed by atoms with Crippen LogP contribution in [0.4, 0.5) is 0 Å². The number of methoxy groups -OCH3 is 1. The van der Waals surface area contributed by atoms with Crippen LogP contribution in [0.1, 0.15) is 43.7 Å². The first-order chi connectivity index (χ1) is 7.22. The smallest absolute Gasteiger partial charge is 0.255 e. The van der Waals surface area contributed by atoms with Gasteiger partial charge in [0.15, 0.2) is 0 Å². The van der Waals surface area contributed by atoms with Crippen LogP contribution in [0.5, 0.6) is 0 Å². The number of aliphatic hydroxyl groups is 1. The van der Waals surface area contributed by atoms with E-state index in [1.807, 2.05) is 6.92 Å². The first kappa shape index (κ1) is 12.1. The third-order valence-corrected chi connectivity index (χ3v) is 2.13. The molecule has 0 fully saturated rings. The molecule has 0 radical (unpaired) electrons. The molecule has 2 atom stereocenters. The molecule has 0 amide bonds. The molecule has 3 N–H and O–H groups in total. The highest BCUT2D eigenvalue weighted by Crippen LogP contribution is 2.20. The predicted octanol–water partition coefficient (Wildman–Crippen LogP) is 0.549. The number of nitrogens with zero attached hydrogens (tertiary/aromatic N) is 2. The maximum absolute atomic E-state index is 9.54. The summed E-state index contributed by atoms with van der Waals surface area (Å²) in [6.07, 6.45) is 0.187. The molecule has 0 aliphatic heterocycles. The van der Waals surface area contributed by atoms with Gasteiger partial charge in [0.2, 0.25) is 5.82 Å². The van der Waals surface area contributed by atoms with Crippen LogP contribution in [-0.2, 0) is 4.74 Å². The molecule has 1 unspecified atom stereocenters. The molecule has 1 rings (SSSR count). The minimum Gasteiger partial charge on any atom is -0.383 e. The van der Waals surface area contributed by atoms with Gasteiger partial charge in [-0.3, -0.25) is 0 Å². The van der Waals surface area contributed by atoms with Gasteiger partial charge in [0, 0.05) is 7.11 Å². The molecule has 1 aromatic heterocycles. The van der Waals surface area contributed by atoms with E-state index < -0.39 is 6.10 Å². The van der Waals surface area contributed by atoms with Crippen molar-refractivity contribution in [1.82, 2.24) is 10.1 Å². The molecular formula is C9H17N3O3. The number of aromatic nitrogens is 2. The second-order valence-electron chi connectivity index (χ2n) is 3.22. The van der Waals surface area contributed by atoms with Gasteiger partial charge in [-0.2, -0.15) is 4.98 Å². The summed E-state index contributed by atoms with van der Waals surface area (Å²) in [4.78, 5) is 4.06. The van der Waals surface area contributed by atoms with Gasteiger partial charge < -0.3 is 20.1 Å². The number of hydrogen-bond acceptors (Lipinski definition) is 6. The lowest BCUT2D eigenvalue weighted by molar-refractivity contribution is 0.0901. The Morgan fingerprint density at radius 2 is 2.33 bits per heavy atom. The fourth-order valence-electron chi connectivity index (χ4n) is 1.25. The van der Waals surface area contributed by atoms with E-state index in [-0.39, 0.29) is 12.0 Å². The molecule has 15 heavy (non-hydrogen) atoms. The van der Waals surface area contributed by atoms with Gasteiger partial charge in [-0.05, 0) is 19.4 Å². The topological polar surface area (TPSA) is 94.4 Å². The Bertz CT molecular complexity index is 286. The predicted molar refractivity (Wildman–Crippen MR) is 53.0 cm³/mol. The molecule has 0 aliphatic rings. The lowest BCUT2D eigenvalue weighted by Crippen LogP contribution is -2.07. The van der Waals surface area contributed by atoms with E-state index >= 15 is 0 Å². The Morgan fingerprint density at radius 1 is 1.60 bits per heavy atom. The van der Waals surface area contributed by atoms with E-state index in [0.717, 1.165) is 6.42 Å². The fraction of sp³-hybridized carbons (Fsp3) is 0.778. The Morgan fingerprint density at radius 3 is 2.87 bits per heavy atom. The zero-order valence-electron chi connectivity index (χ0n) is 9.01. The SMILES string of the molecule is CCC(OC)c1noc([C@@H](O)CCN)n1. The van der Waals surface area contributed by atoms with Crippen molar-refractivity contribution in [3.63, 3.8) is 0 Å². The van der Waals surface area contributed by atoms with Crippen molar-refractivity contribution in [3.8, 4) is 0 Å². The molecule has 0 saturated carbocycles. The molecule has 86 valence electrons. The van der Waals surface area contributed by atoms with E-state index in [0.29, 0.717) is 18.8 Å².